The van der Waals surface area contributed by atoms with Gasteiger partial charge in [0, 0.05) is 50.7 Å². The number of amides is 1. The number of hydrogen-bond acceptors (Lipinski definition) is 10. The normalized spacial score (nSPS) is 11.5. The van der Waals surface area contributed by atoms with Gasteiger partial charge in [-0.2, -0.15) is 4.98 Å². The lowest BCUT2D eigenvalue weighted by Gasteiger charge is -2.26. The van der Waals surface area contributed by atoms with Gasteiger partial charge in [0.1, 0.15) is 11.6 Å². The third kappa shape index (κ3) is 7.89. The minimum absolute atomic E-state index is 0.256. The molecule has 208 valence electrons. The topological polar surface area (TPSA) is 138 Å². The number of nitrogens with one attached hydrogen (secondary N) is 3. The molecule has 1 heterocycles. The third-order valence-electron chi connectivity index (χ3n) is 5.69. The SMILES string of the molecule is C=CC(=O)Nc1cc(Nc2nccc(Nc3ccccc3N(C)S(=O)[O-])n2)c(OC)cc1N(C)CCN(C)C. The van der Waals surface area contributed by atoms with Gasteiger partial charge in [-0.3, -0.25) is 9.00 Å². The summed E-state index contributed by atoms with van der Waals surface area (Å²) in [6.45, 7) is 5.07. The fraction of sp³-hybridized carbons (Fsp3) is 0.269. The number of nitrogens with zero attached hydrogens (tertiary/aromatic N) is 5. The van der Waals surface area contributed by atoms with Crippen LogP contribution in [0.3, 0.4) is 0 Å². The molecule has 0 aliphatic carbocycles. The summed E-state index contributed by atoms with van der Waals surface area (Å²) in [5.74, 6) is 0.860. The number of carbonyl (C=O) groups excluding carboxylic acids is 1. The zero-order chi connectivity index (χ0) is 28.5. The summed E-state index contributed by atoms with van der Waals surface area (Å²) in [6, 6.07) is 12.2. The van der Waals surface area contributed by atoms with Crippen LogP contribution in [-0.2, 0) is 16.1 Å². The van der Waals surface area contributed by atoms with Crippen molar-refractivity contribution in [2.45, 2.75) is 0 Å². The van der Waals surface area contributed by atoms with Gasteiger partial charge >= 0.3 is 0 Å². The Balaban J connectivity index is 1.93. The minimum atomic E-state index is -2.44. The van der Waals surface area contributed by atoms with Gasteiger partial charge in [-0.15, -0.1) is 0 Å². The Morgan fingerprint density at radius 3 is 2.46 bits per heavy atom. The van der Waals surface area contributed by atoms with Crippen molar-refractivity contribution in [3.05, 3.63) is 61.3 Å². The summed E-state index contributed by atoms with van der Waals surface area (Å²) in [7, 11) is 8.93. The smallest absolute Gasteiger partial charge is 0.247 e. The molecule has 3 N–H and O–H groups in total. The number of hydrogen-bond donors (Lipinski definition) is 3. The maximum atomic E-state index is 12.2. The molecule has 3 aromatic rings. The highest BCUT2D eigenvalue weighted by molar-refractivity contribution is 7.80. The van der Waals surface area contributed by atoms with Crippen LogP contribution in [0.25, 0.3) is 0 Å². The number of rotatable bonds is 13. The van der Waals surface area contributed by atoms with Crippen LogP contribution in [0.4, 0.5) is 40.2 Å². The molecule has 0 spiro atoms. The first-order valence-corrected chi connectivity index (χ1v) is 13.0. The number of ether oxygens (including phenoxy) is 1. The number of benzene rings is 2. The highest BCUT2D eigenvalue weighted by Crippen LogP contribution is 2.38. The van der Waals surface area contributed by atoms with Crippen LogP contribution in [0, 0.1) is 0 Å². The average Bonchev–Trinajstić information content (AvgIpc) is 2.91. The van der Waals surface area contributed by atoms with E-state index in [0.717, 1.165) is 16.5 Å². The largest absolute Gasteiger partial charge is 0.755 e. The quantitative estimate of drug-likeness (QED) is 0.213. The summed E-state index contributed by atoms with van der Waals surface area (Å²) in [6.07, 6.45) is 2.77. The van der Waals surface area contributed by atoms with E-state index in [4.69, 9.17) is 4.74 Å². The Kier molecular flexibility index (Phi) is 10.2. The molecule has 0 aliphatic rings. The molecular formula is C26H33N8O4S-. The Bertz CT molecular complexity index is 1340. The molecule has 13 heteroatoms. The minimum Gasteiger partial charge on any atom is -0.755 e. The second kappa shape index (κ2) is 13.6. The van der Waals surface area contributed by atoms with E-state index < -0.39 is 11.3 Å². The van der Waals surface area contributed by atoms with Crippen molar-refractivity contribution < 1.29 is 18.3 Å². The summed E-state index contributed by atoms with van der Waals surface area (Å²) in [5, 5.41) is 9.15. The van der Waals surface area contributed by atoms with Gasteiger partial charge in [0.05, 0.1) is 35.5 Å². The highest BCUT2D eigenvalue weighted by Gasteiger charge is 2.17. The second-order valence-electron chi connectivity index (χ2n) is 8.74. The van der Waals surface area contributed by atoms with Gasteiger partial charge < -0.3 is 39.3 Å². The fourth-order valence-electron chi connectivity index (χ4n) is 3.59. The lowest BCUT2D eigenvalue weighted by Crippen LogP contribution is -2.29. The van der Waals surface area contributed by atoms with Crippen LogP contribution < -0.4 is 29.9 Å². The molecule has 1 unspecified atom stereocenters. The molecule has 2 aromatic carbocycles. The van der Waals surface area contributed by atoms with E-state index in [9.17, 15) is 13.6 Å². The van der Waals surface area contributed by atoms with Crippen LogP contribution in [0.5, 0.6) is 5.75 Å². The molecule has 12 nitrogen and oxygen atoms in total. The van der Waals surface area contributed by atoms with Crippen molar-refractivity contribution in [1.82, 2.24) is 14.9 Å². The molecule has 1 amide bonds. The van der Waals surface area contributed by atoms with E-state index in [1.807, 2.05) is 32.1 Å². The van der Waals surface area contributed by atoms with Gasteiger partial charge in [-0.25, -0.2) is 4.98 Å². The Hall–Kier alpha value is -4.20. The first-order chi connectivity index (χ1) is 18.6. The number of methoxy groups -OCH3 is 1. The molecule has 0 radical (unpaired) electrons. The van der Waals surface area contributed by atoms with Crippen molar-refractivity contribution in [2.75, 3.05) is 73.5 Å². The van der Waals surface area contributed by atoms with Crippen molar-refractivity contribution in [1.29, 1.82) is 0 Å². The zero-order valence-corrected chi connectivity index (χ0v) is 23.4. The molecule has 0 fully saturated rings. The Morgan fingerprint density at radius 1 is 1.05 bits per heavy atom. The van der Waals surface area contributed by atoms with Crippen LogP contribution in [-0.4, -0.2) is 77.9 Å². The second-order valence-corrected chi connectivity index (χ2v) is 9.72. The summed E-state index contributed by atoms with van der Waals surface area (Å²) in [4.78, 5) is 25.1. The highest BCUT2D eigenvalue weighted by atomic mass is 32.2. The molecular weight excluding hydrogens is 520 g/mol. The van der Waals surface area contributed by atoms with Crippen molar-refractivity contribution in [2.24, 2.45) is 0 Å². The molecule has 0 aliphatic heterocycles. The summed E-state index contributed by atoms with van der Waals surface area (Å²) >= 11 is -2.44. The molecule has 1 atom stereocenters. The number of carbonyl (C=O) groups is 1. The van der Waals surface area contributed by atoms with E-state index in [0.29, 0.717) is 40.9 Å². The fourth-order valence-corrected chi connectivity index (χ4v) is 3.91. The van der Waals surface area contributed by atoms with Gasteiger partial charge in [0.2, 0.25) is 11.9 Å². The number of aromatic nitrogens is 2. The maximum absolute atomic E-state index is 12.2. The van der Waals surface area contributed by atoms with Gasteiger partial charge in [0.25, 0.3) is 0 Å². The van der Waals surface area contributed by atoms with E-state index >= 15 is 0 Å². The van der Waals surface area contributed by atoms with Gasteiger partial charge in [-0.05, 0) is 44.4 Å². The van der Waals surface area contributed by atoms with E-state index in [-0.39, 0.29) is 11.9 Å². The monoisotopic (exact) mass is 553 g/mol. The van der Waals surface area contributed by atoms with Crippen LogP contribution >= 0.6 is 0 Å². The molecule has 1 aromatic heterocycles. The number of para-hydroxylation sites is 2. The molecule has 3 rings (SSSR count). The maximum Gasteiger partial charge on any atom is 0.247 e. The number of anilines is 7. The van der Waals surface area contributed by atoms with Crippen molar-refractivity contribution in [3.63, 3.8) is 0 Å². The molecule has 0 bridgehead atoms. The van der Waals surface area contributed by atoms with Crippen LogP contribution in [0.2, 0.25) is 0 Å². The summed E-state index contributed by atoms with van der Waals surface area (Å²) < 4.78 is 29.7. The van der Waals surface area contributed by atoms with Gasteiger partial charge in [-0.1, -0.05) is 18.7 Å². The molecule has 0 saturated heterocycles. The zero-order valence-electron chi connectivity index (χ0n) is 22.6. The first kappa shape index (κ1) is 29.4. The predicted molar refractivity (Wildman–Crippen MR) is 156 cm³/mol. The van der Waals surface area contributed by atoms with E-state index in [1.54, 1.807) is 49.7 Å². The summed E-state index contributed by atoms with van der Waals surface area (Å²) in [5.41, 5.74) is 2.85. The predicted octanol–water partition coefficient (Wildman–Crippen LogP) is 3.33. The Morgan fingerprint density at radius 2 is 1.79 bits per heavy atom. The van der Waals surface area contributed by atoms with Crippen LogP contribution in [0.1, 0.15) is 0 Å². The van der Waals surface area contributed by atoms with Crippen molar-refractivity contribution in [3.8, 4) is 5.75 Å². The van der Waals surface area contributed by atoms with Crippen LogP contribution in [0.15, 0.2) is 61.3 Å². The third-order valence-corrected chi connectivity index (χ3v) is 6.33. The lowest BCUT2D eigenvalue weighted by atomic mass is 10.2. The van der Waals surface area contributed by atoms with E-state index in [1.165, 1.54) is 13.1 Å². The molecule has 0 saturated carbocycles. The standard InChI is InChI=1S/C26H34N8O4S/c1-7-25(35)29-19-16-20(23(38-6)17-22(19)33(4)15-14-32(2)3)30-26-27-13-12-24(31-26)28-18-10-8-9-11-21(18)34(5)39(36)37/h7-13,16-17H,1,14-15H2,2-6H3,(H,29,35)(H,36,37)(H2,27,28,30,31)/p-1. The van der Waals surface area contributed by atoms with Crippen molar-refractivity contribution >= 4 is 57.4 Å². The average molecular weight is 554 g/mol. The van der Waals surface area contributed by atoms with Gasteiger partial charge in [0.15, 0.2) is 0 Å². The first-order valence-electron chi connectivity index (χ1n) is 11.9. The lowest BCUT2D eigenvalue weighted by molar-refractivity contribution is -0.111. The number of likely N-dealkylation sites (N-methyl/N-ethyl adjacent to an activating group) is 2. The Labute approximate surface area is 231 Å². The van der Waals surface area contributed by atoms with E-state index in [2.05, 4.69) is 37.4 Å². The molecule has 39 heavy (non-hydrogen) atoms.